The minimum absolute atomic E-state index is 0.0188. The second kappa shape index (κ2) is 13.0. The lowest BCUT2D eigenvalue weighted by Crippen LogP contribution is -2.35. The molecule has 0 amide bonds. The van der Waals surface area contributed by atoms with E-state index >= 15 is 0 Å². The first-order valence-corrected chi connectivity index (χ1v) is 10.8. The number of hydrogen-bond acceptors (Lipinski definition) is 3. The molecule has 0 saturated carbocycles. The van der Waals surface area contributed by atoms with Crippen LogP contribution in [0.25, 0.3) is 0 Å². The Kier molecular flexibility index (Phi) is 9.61. The van der Waals surface area contributed by atoms with Crippen LogP contribution in [0.4, 0.5) is 0 Å². The molecule has 158 valence electrons. The maximum Gasteiger partial charge on any atom is 0.107 e. The monoisotopic (exact) mass is 404 g/mol. The van der Waals surface area contributed by atoms with Gasteiger partial charge >= 0.3 is 0 Å². The largest absolute Gasteiger partial charge is 0.374 e. The van der Waals surface area contributed by atoms with Crippen LogP contribution < -0.4 is 0 Å². The summed E-state index contributed by atoms with van der Waals surface area (Å²) in [6.07, 6.45) is 1.82. The highest BCUT2D eigenvalue weighted by atomic mass is 16.6. The molecule has 0 radical (unpaired) electrons. The second-order valence-electron chi connectivity index (χ2n) is 7.46. The molecule has 0 aliphatic carbocycles. The lowest BCUT2D eigenvalue weighted by molar-refractivity contribution is -0.119. The molecule has 0 heterocycles. The third-order valence-electron chi connectivity index (χ3n) is 5.00. The maximum absolute atomic E-state index is 6.32. The van der Waals surface area contributed by atoms with E-state index in [1.54, 1.807) is 0 Å². The van der Waals surface area contributed by atoms with E-state index < -0.39 is 0 Å². The number of rotatable bonds is 13. The fourth-order valence-electron chi connectivity index (χ4n) is 3.35. The Bertz CT molecular complexity index is 805. The van der Waals surface area contributed by atoms with Crippen LogP contribution in [0.5, 0.6) is 0 Å². The summed E-state index contributed by atoms with van der Waals surface area (Å²) in [7, 11) is 0. The van der Waals surface area contributed by atoms with E-state index in [1.807, 2.05) is 54.6 Å². The van der Waals surface area contributed by atoms with Gasteiger partial charge in [0, 0.05) is 0 Å². The van der Waals surface area contributed by atoms with Crippen LogP contribution in [-0.4, -0.2) is 18.8 Å². The van der Waals surface area contributed by atoms with E-state index in [2.05, 4.69) is 43.3 Å². The summed E-state index contributed by atoms with van der Waals surface area (Å²) in [4.78, 5) is 0. The third kappa shape index (κ3) is 7.75. The summed E-state index contributed by atoms with van der Waals surface area (Å²) < 4.78 is 18.7. The van der Waals surface area contributed by atoms with Crippen molar-refractivity contribution in [3.63, 3.8) is 0 Å². The lowest BCUT2D eigenvalue weighted by Gasteiger charge is -2.27. The van der Waals surface area contributed by atoms with Gasteiger partial charge < -0.3 is 14.2 Å². The van der Waals surface area contributed by atoms with Gasteiger partial charge in [0.05, 0.1) is 32.5 Å². The zero-order chi connectivity index (χ0) is 20.9. The molecule has 0 aromatic heterocycles. The molecule has 3 nitrogen and oxygen atoms in total. The summed E-state index contributed by atoms with van der Waals surface area (Å²) in [6, 6.07) is 30.8. The van der Waals surface area contributed by atoms with Crippen LogP contribution in [0.1, 0.15) is 36.5 Å². The first-order chi connectivity index (χ1) is 14.8. The van der Waals surface area contributed by atoms with E-state index in [-0.39, 0.29) is 12.2 Å². The van der Waals surface area contributed by atoms with Crippen molar-refractivity contribution in [2.75, 3.05) is 6.61 Å². The highest BCUT2D eigenvalue weighted by Crippen LogP contribution is 2.17. The first kappa shape index (κ1) is 22.2. The summed E-state index contributed by atoms with van der Waals surface area (Å²) >= 11 is 0. The van der Waals surface area contributed by atoms with E-state index in [9.17, 15) is 0 Å². The van der Waals surface area contributed by atoms with Gasteiger partial charge in [-0.1, -0.05) is 104 Å². The van der Waals surface area contributed by atoms with E-state index in [4.69, 9.17) is 14.2 Å². The van der Waals surface area contributed by atoms with Crippen LogP contribution >= 0.6 is 0 Å². The average Bonchev–Trinajstić information content (AvgIpc) is 2.81. The molecule has 3 rings (SSSR count). The van der Waals surface area contributed by atoms with Gasteiger partial charge in [-0.2, -0.15) is 0 Å². The van der Waals surface area contributed by atoms with Crippen LogP contribution in [0.2, 0.25) is 0 Å². The molecule has 0 fully saturated rings. The van der Waals surface area contributed by atoms with E-state index in [1.165, 1.54) is 5.56 Å². The average molecular weight is 405 g/mol. The van der Waals surface area contributed by atoms with Gasteiger partial charge in [0.25, 0.3) is 0 Å². The summed E-state index contributed by atoms with van der Waals surface area (Å²) in [5, 5.41) is 0. The predicted molar refractivity (Wildman–Crippen MR) is 121 cm³/mol. The second-order valence-corrected chi connectivity index (χ2v) is 7.46. The molecule has 0 aliphatic heterocycles. The number of ether oxygens (including phenoxy) is 3. The van der Waals surface area contributed by atoms with Crippen LogP contribution in [0.3, 0.4) is 0 Å². The molecule has 0 N–H and O–H groups in total. The SMILES string of the molecule is CCCC(OCc1ccccc1)C(COCc1ccccc1)OCc1ccccc1. The minimum atomic E-state index is -0.127. The van der Waals surface area contributed by atoms with Gasteiger partial charge in [-0.3, -0.25) is 0 Å². The Morgan fingerprint density at radius 2 is 1.00 bits per heavy atom. The van der Waals surface area contributed by atoms with Gasteiger partial charge in [0.2, 0.25) is 0 Å². The molecular weight excluding hydrogens is 372 g/mol. The van der Waals surface area contributed by atoms with Crippen molar-refractivity contribution in [3.05, 3.63) is 108 Å². The topological polar surface area (TPSA) is 27.7 Å². The smallest absolute Gasteiger partial charge is 0.107 e. The Labute approximate surface area is 180 Å². The van der Waals surface area contributed by atoms with Gasteiger partial charge in [0.15, 0.2) is 0 Å². The fourth-order valence-corrected chi connectivity index (χ4v) is 3.35. The Hall–Kier alpha value is -2.46. The third-order valence-corrected chi connectivity index (χ3v) is 5.00. The summed E-state index contributed by atoms with van der Waals surface area (Å²) in [5.74, 6) is 0. The molecular formula is C27H32O3. The molecule has 0 saturated heterocycles. The molecule has 30 heavy (non-hydrogen) atoms. The fraction of sp³-hybridized carbons (Fsp3) is 0.333. The Morgan fingerprint density at radius 3 is 1.47 bits per heavy atom. The normalized spacial score (nSPS) is 13.1. The molecule has 0 aliphatic rings. The van der Waals surface area contributed by atoms with Gasteiger partial charge in [-0.25, -0.2) is 0 Å². The van der Waals surface area contributed by atoms with Crippen molar-refractivity contribution >= 4 is 0 Å². The molecule has 0 bridgehead atoms. The minimum Gasteiger partial charge on any atom is -0.374 e. The molecule has 3 heteroatoms. The first-order valence-electron chi connectivity index (χ1n) is 10.8. The molecule has 2 atom stereocenters. The van der Waals surface area contributed by atoms with Crippen molar-refractivity contribution in [2.24, 2.45) is 0 Å². The van der Waals surface area contributed by atoms with Crippen molar-refractivity contribution in [1.29, 1.82) is 0 Å². The highest BCUT2D eigenvalue weighted by Gasteiger charge is 2.23. The molecule has 3 aromatic carbocycles. The van der Waals surface area contributed by atoms with Crippen LogP contribution in [0, 0.1) is 0 Å². The summed E-state index contributed by atoms with van der Waals surface area (Å²) in [5.41, 5.74) is 3.49. The van der Waals surface area contributed by atoms with Crippen LogP contribution in [0.15, 0.2) is 91.0 Å². The van der Waals surface area contributed by atoms with E-state index in [0.29, 0.717) is 26.4 Å². The van der Waals surface area contributed by atoms with Crippen molar-refractivity contribution in [1.82, 2.24) is 0 Å². The zero-order valence-electron chi connectivity index (χ0n) is 17.8. The van der Waals surface area contributed by atoms with Crippen molar-refractivity contribution in [3.8, 4) is 0 Å². The summed E-state index contributed by atoms with van der Waals surface area (Å²) in [6.45, 7) is 4.38. The number of benzene rings is 3. The predicted octanol–water partition coefficient (Wildman–Crippen LogP) is 6.17. The highest BCUT2D eigenvalue weighted by molar-refractivity contribution is 5.15. The Morgan fingerprint density at radius 1 is 0.567 bits per heavy atom. The van der Waals surface area contributed by atoms with Gasteiger partial charge in [0.1, 0.15) is 6.10 Å². The van der Waals surface area contributed by atoms with Crippen molar-refractivity contribution < 1.29 is 14.2 Å². The van der Waals surface area contributed by atoms with Gasteiger partial charge in [-0.15, -0.1) is 0 Å². The Balaban J connectivity index is 1.62. The quantitative estimate of drug-likeness (QED) is 0.341. The van der Waals surface area contributed by atoms with E-state index in [0.717, 1.165) is 24.0 Å². The maximum atomic E-state index is 6.32. The van der Waals surface area contributed by atoms with Crippen LogP contribution in [-0.2, 0) is 34.0 Å². The molecule has 2 unspecified atom stereocenters. The lowest BCUT2D eigenvalue weighted by atomic mass is 10.1. The number of hydrogen-bond donors (Lipinski definition) is 0. The standard InChI is InChI=1S/C27H32O3/c1-2-12-26(29-20-24-15-8-4-9-16-24)27(30-21-25-17-10-5-11-18-25)22-28-19-23-13-6-3-7-14-23/h3-11,13-18,26-27H,2,12,19-22H2,1H3. The van der Waals surface area contributed by atoms with Gasteiger partial charge in [-0.05, 0) is 23.1 Å². The molecule has 0 spiro atoms. The van der Waals surface area contributed by atoms with Crippen molar-refractivity contribution in [2.45, 2.75) is 51.8 Å². The zero-order valence-corrected chi connectivity index (χ0v) is 17.8. The molecule has 3 aromatic rings.